The van der Waals surface area contributed by atoms with Gasteiger partial charge in [0, 0.05) is 0 Å². The molecule has 0 saturated heterocycles. The van der Waals surface area contributed by atoms with Crippen LogP contribution in [0.15, 0.2) is 43.5 Å². The average Bonchev–Trinajstić information content (AvgIpc) is 3.05. The number of rotatable bonds is 6. The molecule has 0 atom stereocenters. The van der Waals surface area contributed by atoms with Crippen molar-refractivity contribution in [2.45, 2.75) is 39.0 Å². The molecule has 0 saturated carbocycles. The standard InChI is InChI=1S/2C5H9O.C5H5.C2H5.Zr/c2*1-2-3-4-5-6;1-2-4-5-3-1;1-2;/h2*2H,1,3-5H2;1-3H,4H2;1H2,2H3;/q4*-1;+4. The topological polar surface area (TPSA) is 46.1 Å². The summed E-state index contributed by atoms with van der Waals surface area (Å²) in [6, 6.07) is 0. The molecule has 0 spiro atoms. The molecule has 0 heterocycles. The first-order chi connectivity index (χ1) is 9.33. The molecule has 0 bridgehead atoms. The van der Waals surface area contributed by atoms with Crippen LogP contribution in [0.3, 0.4) is 0 Å². The predicted octanol–water partition coefficient (Wildman–Crippen LogP) is 2.77. The fourth-order valence-electron chi connectivity index (χ4n) is 0.796. The number of hydrogen-bond donors (Lipinski definition) is 0. The van der Waals surface area contributed by atoms with Crippen LogP contribution in [0.1, 0.15) is 39.0 Å². The first-order valence-electron chi connectivity index (χ1n) is 6.63. The van der Waals surface area contributed by atoms with E-state index in [-0.39, 0.29) is 39.4 Å². The minimum Gasteiger partial charge on any atom is -0.854 e. The summed E-state index contributed by atoms with van der Waals surface area (Å²) in [6.07, 6.45) is 16.7. The predicted molar refractivity (Wildman–Crippen MR) is 81.2 cm³/mol. The van der Waals surface area contributed by atoms with Gasteiger partial charge in [0.25, 0.3) is 0 Å². The van der Waals surface area contributed by atoms with Gasteiger partial charge >= 0.3 is 26.2 Å². The third-order valence-corrected chi connectivity index (χ3v) is 1.69. The van der Waals surface area contributed by atoms with E-state index >= 15 is 0 Å². The van der Waals surface area contributed by atoms with E-state index < -0.39 is 0 Å². The van der Waals surface area contributed by atoms with E-state index in [9.17, 15) is 10.2 Å². The maximum atomic E-state index is 9.64. The Kier molecular flexibility index (Phi) is 50.9. The summed E-state index contributed by atoms with van der Waals surface area (Å²) >= 11 is 0. The number of hydrogen-bond acceptors (Lipinski definition) is 2. The van der Waals surface area contributed by atoms with Crippen LogP contribution in [-0.4, -0.2) is 13.2 Å². The Hall–Kier alpha value is -0.237. The van der Waals surface area contributed by atoms with Crippen molar-refractivity contribution in [2.75, 3.05) is 13.2 Å². The second-order valence-corrected chi connectivity index (χ2v) is 3.27. The molecule has 1 aliphatic rings. The summed E-state index contributed by atoms with van der Waals surface area (Å²) < 4.78 is 0. The van der Waals surface area contributed by atoms with Crippen molar-refractivity contribution >= 4 is 0 Å². The zero-order valence-electron chi connectivity index (χ0n) is 12.8. The SMILES string of the molecule is C=CCCC[O-].C=CCCC[O-].[C-]1=CC=CC1.[CH2-]C.[Zr+4]. The Morgan fingerprint density at radius 2 is 1.55 bits per heavy atom. The van der Waals surface area contributed by atoms with Crippen molar-refractivity contribution in [3.05, 3.63) is 56.5 Å². The fraction of sp³-hybridized carbons (Fsp3) is 0.471. The second-order valence-electron chi connectivity index (χ2n) is 3.27. The van der Waals surface area contributed by atoms with Gasteiger partial charge in [-0.15, -0.1) is 32.8 Å². The van der Waals surface area contributed by atoms with E-state index in [0.717, 1.165) is 32.1 Å². The molecule has 3 heteroatoms. The van der Waals surface area contributed by atoms with Crippen LogP contribution >= 0.6 is 0 Å². The van der Waals surface area contributed by atoms with Crippen molar-refractivity contribution < 1.29 is 36.4 Å². The van der Waals surface area contributed by atoms with Gasteiger partial charge in [-0.3, -0.25) is 6.08 Å². The van der Waals surface area contributed by atoms with Crippen LogP contribution in [0, 0.1) is 13.0 Å². The maximum absolute atomic E-state index is 9.64. The van der Waals surface area contributed by atoms with E-state index in [1.54, 1.807) is 19.1 Å². The van der Waals surface area contributed by atoms with E-state index in [2.05, 4.69) is 32.2 Å². The third-order valence-electron chi connectivity index (χ3n) is 1.69. The maximum Gasteiger partial charge on any atom is 4.00 e. The summed E-state index contributed by atoms with van der Waals surface area (Å²) in [5.41, 5.74) is 0. The van der Waals surface area contributed by atoms with E-state index in [1.165, 1.54) is 0 Å². The van der Waals surface area contributed by atoms with Crippen LogP contribution in [-0.2, 0) is 26.2 Å². The molecule has 0 N–H and O–H groups in total. The zero-order valence-corrected chi connectivity index (χ0v) is 15.2. The van der Waals surface area contributed by atoms with E-state index in [4.69, 9.17) is 0 Å². The van der Waals surface area contributed by atoms with Gasteiger partial charge in [0.1, 0.15) is 0 Å². The van der Waals surface area contributed by atoms with Crippen molar-refractivity contribution in [1.82, 2.24) is 0 Å². The van der Waals surface area contributed by atoms with Gasteiger partial charge in [-0.2, -0.15) is 13.0 Å². The molecule has 0 aliphatic heterocycles. The third kappa shape index (κ3) is 43.1. The molecule has 0 fully saturated rings. The minimum atomic E-state index is 0. The Balaban J connectivity index is -0.0000000883. The summed E-state index contributed by atoms with van der Waals surface area (Å²) in [4.78, 5) is 0. The van der Waals surface area contributed by atoms with Gasteiger partial charge in [-0.1, -0.05) is 25.0 Å². The van der Waals surface area contributed by atoms with Crippen LogP contribution < -0.4 is 10.2 Å². The molecule has 0 amide bonds. The quantitative estimate of drug-likeness (QED) is 0.418. The zero-order chi connectivity index (χ0) is 15.2. The van der Waals surface area contributed by atoms with Crippen molar-refractivity contribution in [3.8, 4) is 0 Å². The second kappa shape index (κ2) is 36.3. The molecule has 0 aromatic rings. The normalized spacial score (nSPS) is 9.60. The molecule has 20 heavy (non-hydrogen) atoms. The molecule has 112 valence electrons. The summed E-state index contributed by atoms with van der Waals surface area (Å²) in [5, 5.41) is 19.3. The van der Waals surface area contributed by atoms with Gasteiger partial charge in [0.2, 0.25) is 0 Å². The van der Waals surface area contributed by atoms with Crippen LogP contribution in [0.25, 0.3) is 0 Å². The first-order valence-corrected chi connectivity index (χ1v) is 6.63. The van der Waals surface area contributed by atoms with Gasteiger partial charge < -0.3 is 17.1 Å². The van der Waals surface area contributed by atoms with E-state index in [1.807, 2.05) is 12.2 Å². The van der Waals surface area contributed by atoms with Gasteiger partial charge in [0.05, 0.1) is 0 Å². The molecule has 1 aliphatic carbocycles. The smallest absolute Gasteiger partial charge is 0.854 e. The Bertz CT molecular complexity index is 189. The largest absolute Gasteiger partial charge is 4.00 e. The molecule has 0 unspecified atom stereocenters. The molecule has 1 rings (SSSR count). The van der Waals surface area contributed by atoms with Gasteiger partial charge in [0.15, 0.2) is 0 Å². The Labute approximate surface area is 145 Å². The average molecular weight is 356 g/mol. The van der Waals surface area contributed by atoms with Crippen molar-refractivity contribution in [2.24, 2.45) is 0 Å². The summed E-state index contributed by atoms with van der Waals surface area (Å²) in [5.74, 6) is 0. The minimum absolute atomic E-state index is 0. The molecule has 2 nitrogen and oxygen atoms in total. The van der Waals surface area contributed by atoms with Crippen LogP contribution in [0.2, 0.25) is 0 Å². The summed E-state index contributed by atoms with van der Waals surface area (Å²) in [6.45, 7) is 12.0. The van der Waals surface area contributed by atoms with Crippen LogP contribution in [0.4, 0.5) is 0 Å². The monoisotopic (exact) mass is 354 g/mol. The number of unbranched alkanes of at least 4 members (excludes halogenated alkanes) is 2. The van der Waals surface area contributed by atoms with Crippen molar-refractivity contribution in [1.29, 1.82) is 0 Å². The first kappa shape index (κ1) is 28.0. The fourth-order valence-corrected chi connectivity index (χ4v) is 0.796. The molecule has 0 radical (unpaired) electrons. The van der Waals surface area contributed by atoms with E-state index in [0.29, 0.717) is 0 Å². The summed E-state index contributed by atoms with van der Waals surface area (Å²) in [7, 11) is 0. The van der Waals surface area contributed by atoms with Crippen LogP contribution in [0.5, 0.6) is 0 Å². The molecular formula is C17H28O2Zr. The molecular weight excluding hydrogens is 327 g/mol. The molecule has 0 aromatic carbocycles. The molecule has 0 aromatic heterocycles. The van der Waals surface area contributed by atoms with Crippen molar-refractivity contribution in [3.63, 3.8) is 0 Å². The number of allylic oxidation sites excluding steroid dienone is 6. The Morgan fingerprint density at radius 3 is 1.65 bits per heavy atom. The van der Waals surface area contributed by atoms with Gasteiger partial charge in [-0.05, 0) is 12.8 Å². The Morgan fingerprint density at radius 1 is 1.10 bits per heavy atom. The van der Waals surface area contributed by atoms with Gasteiger partial charge in [-0.25, -0.2) is 12.2 Å².